The first-order valence-electron chi connectivity index (χ1n) is 10.9. The van der Waals surface area contributed by atoms with Crippen LogP contribution in [-0.2, 0) is 27.3 Å². The Kier molecular flexibility index (Phi) is 10.7. The molecule has 0 fully saturated rings. The summed E-state index contributed by atoms with van der Waals surface area (Å²) in [5.41, 5.74) is 7.69. The predicted octanol–water partition coefficient (Wildman–Crippen LogP) is 1.94. The van der Waals surface area contributed by atoms with E-state index >= 15 is 0 Å². The number of benzene rings is 2. The van der Waals surface area contributed by atoms with Crippen LogP contribution in [-0.4, -0.2) is 43.0 Å². The first-order valence-corrected chi connectivity index (χ1v) is 11.2. The normalized spacial score (nSPS) is 12.4. The number of hydrogen-bond donors (Lipinski definition) is 4. The van der Waals surface area contributed by atoms with E-state index in [0.29, 0.717) is 35.7 Å². The summed E-state index contributed by atoms with van der Waals surface area (Å²) in [6.07, 6.45) is 1.14. The Bertz CT molecular complexity index is 939. The van der Waals surface area contributed by atoms with Crippen LogP contribution >= 0.6 is 11.6 Å². The number of amides is 3. The minimum atomic E-state index is -0.779. The smallest absolute Gasteiger partial charge is 0.257 e. The van der Waals surface area contributed by atoms with E-state index in [-0.39, 0.29) is 30.9 Å². The maximum Gasteiger partial charge on any atom is 0.257 e. The number of likely N-dealkylation sites (N-methyl/N-ethyl adjacent to an activating group) is 1. The topological polar surface area (TPSA) is 123 Å². The highest BCUT2D eigenvalue weighted by atomic mass is 35.5. The molecule has 0 radical (unpaired) electrons. The van der Waals surface area contributed by atoms with Crippen molar-refractivity contribution in [3.05, 3.63) is 64.7 Å². The van der Waals surface area contributed by atoms with Crippen LogP contribution in [0.1, 0.15) is 31.4 Å². The molecule has 3 amide bonds. The van der Waals surface area contributed by atoms with E-state index in [1.165, 1.54) is 0 Å². The lowest BCUT2D eigenvalue weighted by atomic mass is 10.1. The van der Waals surface area contributed by atoms with Gasteiger partial charge in [0.2, 0.25) is 11.8 Å². The second-order valence-electron chi connectivity index (χ2n) is 7.57. The van der Waals surface area contributed by atoms with Crippen LogP contribution in [0.15, 0.2) is 48.5 Å². The fourth-order valence-electron chi connectivity index (χ4n) is 3.04. The molecule has 5 N–H and O–H groups in total. The number of carbonyl (C=O) groups excluding carboxylic acids is 3. The quantitative estimate of drug-likeness (QED) is 0.374. The van der Waals surface area contributed by atoms with E-state index < -0.39 is 12.1 Å². The molecule has 2 rings (SSSR count). The molecular formula is C24H31ClN4O4. The monoisotopic (exact) mass is 474 g/mol. The molecular weight excluding hydrogens is 444 g/mol. The van der Waals surface area contributed by atoms with E-state index in [0.717, 1.165) is 5.56 Å². The molecule has 2 aromatic rings. The van der Waals surface area contributed by atoms with E-state index in [1.807, 2.05) is 37.3 Å². The molecule has 2 aromatic carbocycles. The number of carbonyl (C=O) groups is 3. The summed E-state index contributed by atoms with van der Waals surface area (Å²) in [6, 6.07) is 13.2. The molecule has 0 saturated heterocycles. The third-order valence-electron chi connectivity index (χ3n) is 4.88. The SMILES string of the molecule is CCNC(=O)COc1ccc(Cl)cc1CNC(=O)[C@H](C)NC(=O)[C@H](N)CCc1ccccc1. The maximum absolute atomic E-state index is 12.5. The molecule has 0 bridgehead atoms. The average Bonchev–Trinajstić information content (AvgIpc) is 2.81. The van der Waals surface area contributed by atoms with Crippen molar-refractivity contribution >= 4 is 29.3 Å². The summed E-state index contributed by atoms with van der Waals surface area (Å²) in [6.45, 7) is 3.87. The van der Waals surface area contributed by atoms with Gasteiger partial charge in [0.05, 0.1) is 6.04 Å². The van der Waals surface area contributed by atoms with Crippen molar-refractivity contribution in [2.24, 2.45) is 5.73 Å². The van der Waals surface area contributed by atoms with Gasteiger partial charge in [-0.15, -0.1) is 0 Å². The number of nitrogens with two attached hydrogens (primary N) is 1. The van der Waals surface area contributed by atoms with Crippen molar-refractivity contribution in [2.75, 3.05) is 13.2 Å². The van der Waals surface area contributed by atoms with Crippen molar-refractivity contribution in [2.45, 2.75) is 45.3 Å². The van der Waals surface area contributed by atoms with Crippen LogP contribution in [0.4, 0.5) is 0 Å². The first kappa shape index (κ1) is 26.2. The maximum atomic E-state index is 12.5. The minimum absolute atomic E-state index is 0.115. The molecule has 0 aliphatic carbocycles. The van der Waals surface area contributed by atoms with Crippen molar-refractivity contribution in [1.29, 1.82) is 0 Å². The lowest BCUT2D eigenvalue weighted by molar-refractivity contribution is -0.129. The Labute approximate surface area is 199 Å². The fraction of sp³-hybridized carbons (Fsp3) is 0.375. The molecule has 0 spiro atoms. The molecule has 0 unspecified atom stereocenters. The Balaban J connectivity index is 1.84. The average molecular weight is 475 g/mol. The number of halogens is 1. The largest absolute Gasteiger partial charge is 0.483 e. The number of nitrogens with one attached hydrogen (secondary N) is 3. The van der Waals surface area contributed by atoms with Gasteiger partial charge in [0.25, 0.3) is 5.91 Å². The molecule has 0 saturated carbocycles. The lowest BCUT2D eigenvalue weighted by Gasteiger charge is -2.18. The molecule has 0 aliphatic heterocycles. The highest BCUT2D eigenvalue weighted by Gasteiger charge is 2.20. The van der Waals surface area contributed by atoms with E-state index in [2.05, 4.69) is 16.0 Å². The zero-order valence-electron chi connectivity index (χ0n) is 18.9. The highest BCUT2D eigenvalue weighted by Crippen LogP contribution is 2.23. The van der Waals surface area contributed by atoms with Crippen LogP contribution in [0.5, 0.6) is 5.75 Å². The second-order valence-corrected chi connectivity index (χ2v) is 8.01. The Morgan fingerprint density at radius 1 is 1.06 bits per heavy atom. The highest BCUT2D eigenvalue weighted by molar-refractivity contribution is 6.30. The number of aryl methyl sites for hydroxylation is 1. The summed E-state index contributed by atoms with van der Waals surface area (Å²) in [4.78, 5) is 36.5. The summed E-state index contributed by atoms with van der Waals surface area (Å²) < 4.78 is 5.55. The Morgan fingerprint density at radius 3 is 2.48 bits per heavy atom. The third kappa shape index (κ3) is 9.11. The van der Waals surface area contributed by atoms with E-state index in [1.54, 1.807) is 25.1 Å². The van der Waals surface area contributed by atoms with Gasteiger partial charge in [-0.1, -0.05) is 41.9 Å². The molecule has 0 aromatic heterocycles. The molecule has 2 atom stereocenters. The van der Waals surface area contributed by atoms with Gasteiger partial charge in [-0.2, -0.15) is 0 Å². The first-order chi connectivity index (χ1) is 15.8. The van der Waals surface area contributed by atoms with Gasteiger partial charge in [0, 0.05) is 23.7 Å². The Hall–Kier alpha value is -3.10. The van der Waals surface area contributed by atoms with Crippen LogP contribution in [0.25, 0.3) is 0 Å². The van der Waals surface area contributed by atoms with Gasteiger partial charge in [-0.25, -0.2) is 0 Å². The molecule has 9 heteroatoms. The van der Waals surface area contributed by atoms with Crippen LogP contribution in [0, 0.1) is 0 Å². The van der Waals surface area contributed by atoms with Crippen LogP contribution < -0.4 is 26.4 Å². The van der Waals surface area contributed by atoms with Gasteiger partial charge in [-0.3, -0.25) is 14.4 Å². The molecule has 178 valence electrons. The summed E-state index contributed by atoms with van der Waals surface area (Å²) in [5.74, 6) is -0.580. The van der Waals surface area contributed by atoms with Crippen molar-refractivity contribution in [3.8, 4) is 5.75 Å². The van der Waals surface area contributed by atoms with Gasteiger partial charge >= 0.3 is 0 Å². The van der Waals surface area contributed by atoms with Gasteiger partial charge < -0.3 is 26.4 Å². The molecule has 0 aliphatic rings. The van der Waals surface area contributed by atoms with E-state index in [9.17, 15) is 14.4 Å². The molecule has 8 nitrogen and oxygen atoms in total. The van der Waals surface area contributed by atoms with Crippen LogP contribution in [0.3, 0.4) is 0 Å². The fourth-order valence-corrected chi connectivity index (χ4v) is 3.23. The van der Waals surface area contributed by atoms with Gasteiger partial charge in [0.1, 0.15) is 11.8 Å². The molecule has 33 heavy (non-hydrogen) atoms. The molecule has 0 heterocycles. The number of ether oxygens (including phenoxy) is 1. The van der Waals surface area contributed by atoms with Crippen molar-refractivity contribution < 1.29 is 19.1 Å². The zero-order chi connectivity index (χ0) is 24.2. The number of hydrogen-bond acceptors (Lipinski definition) is 5. The third-order valence-corrected chi connectivity index (χ3v) is 5.12. The number of rotatable bonds is 12. The van der Waals surface area contributed by atoms with Gasteiger partial charge in [-0.05, 0) is 50.5 Å². The summed E-state index contributed by atoms with van der Waals surface area (Å²) in [5, 5.41) is 8.51. The minimum Gasteiger partial charge on any atom is -0.483 e. The second kappa shape index (κ2) is 13.4. The standard InChI is InChI=1S/C24H31ClN4O4/c1-3-27-22(30)15-33-21-12-10-19(25)13-18(21)14-28-23(31)16(2)29-24(32)20(26)11-9-17-7-5-4-6-8-17/h4-8,10,12-13,16,20H,3,9,11,14-15,26H2,1-2H3,(H,27,30)(H,28,31)(H,29,32)/t16-,20+/m0/s1. The lowest BCUT2D eigenvalue weighted by Crippen LogP contribution is -2.50. The summed E-state index contributed by atoms with van der Waals surface area (Å²) >= 11 is 6.07. The van der Waals surface area contributed by atoms with E-state index in [4.69, 9.17) is 22.1 Å². The Morgan fingerprint density at radius 2 is 1.79 bits per heavy atom. The van der Waals surface area contributed by atoms with Crippen LogP contribution in [0.2, 0.25) is 5.02 Å². The predicted molar refractivity (Wildman–Crippen MR) is 128 cm³/mol. The zero-order valence-corrected chi connectivity index (χ0v) is 19.7. The summed E-state index contributed by atoms with van der Waals surface area (Å²) in [7, 11) is 0. The van der Waals surface area contributed by atoms with Crippen molar-refractivity contribution in [3.63, 3.8) is 0 Å². The van der Waals surface area contributed by atoms with Gasteiger partial charge in [0.15, 0.2) is 6.61 Å². The van der Waals surface area contributed by atoms with Crippen molar-refractivity contribution in [1.82, 2.24) is 16.0 Å².